The maximum atomic E-state index is 12.8. The number of allylic oxidation sites excluding steroid dienone is 2. The second-order valence-electron chi connectivity index (χ2n) is 5.54. The van der Waals surface area contributed by atoms with Crippen LogP contribution in [0.25, 0.3) is 0 Å². The zero-order valence-electron chi connectivity index (χ0n) is 12.9. The summed E-state index contributed by atoms with van der Waals surface area (Å²) in [5, 5.41) is 20.2. The summed E-state index contributed by atoms with van der Waals surface area (Å²) in [7, 11) is 2.83. The van der Waals surface area contributed by atoms with Gasteiger partial charge in [0.05, 0.1) is 31.6 Å². The predicted octanol–water partition coefficient (Wildman–Crippen LogP) is 1.83. The minimum Gasteiger partial charge on any atom is -0.512 e. The molecular formula is C17H16O6. The van der Waals surface area contributed by atoms with E-state index in [0.29, 0.717) is 5.75 Å². The fourth-order valence-corrected chi connectivity index (χ4v) is 2.93. The van der Waals surface area contributed by atoms with Crippen molar-refractivity contribution in [2.24, 2.45) is 5.92 Å². The lowest BCUT2D eigenvalue weighted by molar-refractivity contribution is 0.0875. The molecule has 0 amide bonds. The number of methoxy groups -OCH3 is 2. The molecule has 6 nitrogen and oxygen atoms in total. The maximum absolute atomic E-state index is 12.8. The number of Topliss-reactive ketones (excluding diaryl/α,β-unsaturated/α-hetero) is 2. The molecule has 0 aliphatic heterocycles. The van der Waals surface area contributed by atoms with Gasteiger partial charge < -0.3 is 19.7 Å². The van der Waals surface area contributed by atoms with Crippen molar-refractivity contribution in [1.82, 2.24) is 0 Å². The Hall–Kier alpha value is -2.60. The van der Waals surface area contributed by atoms with E-state index in [0.717, 1.165) is 0 Å². The van der Waals surface area contributed by atoms with Gasteiger partial charge >= 0.3 is 0 Å². The number of carbonyl (C=O) groups is 2. The van der Waals surface area contributed by atoms with Gasteiger partial charge in [0.15, 0.2) is 11.6 Å². The molecule has 2 atom stereocenters. The molecule has 0 saturated carbocycles. The summed E-state index contributed by atoms with van der Waals surface area (Å²) in [4.78, 5) is 25.6. The van der Waals surface area contributed by atoms with Crippen LogP contribution in [-0.4, -0.2) is 42.1 Å². The van der Waals surface area contributed by atoms with Gasteiger partial charge in [0.1, 0.15) is 11.5 Å². The highest BCUT2D eigenvalue weighted by molar-refractivity contribution is 6.29. The van der Waals surface area contributed by atoms with E-state index >= 15 is 0 Å². The van der Waals surface area contributed by atoms with Crippen molar-refractivity contribution in [3.63, 3.8) is 0 Å². The van der Waals surface area contributed by atoms with Gasteiger partial charge in [-0.2, -0.15) is 0 Å². The van der Waals surface area contributed by atoms with Crippen molar-refractivity contribution in [2.75, 3.05) is 14.2 Å². The Morgan fingerprint density at radius 3 is 2.39 bits per heavy atom. The lowest BCUT2D eigenvalue weighted by Crippen LogP contribution is -2.35. The van der Waals surface area contributed by atoms with Crippen molar-refractivity contribution in [3.05, 3.63) is 46.2 Å². The van der Waals surface area contributed by atoms with Gasteiger partial charge in [-0.25, -0.2) is 0 Å². The number of fused-ring (bicyclic) bond motifs is 1. The highest BCUT2D eigenvalue weighted by atomic mass is 16.5. The number of benzene rings is 1. The molecule has 0 radical (unpaired) electrons. The number of hydrogen-bond acceptors (Lipinski definition) is 6. The highest BCUT2D eigenvalue weighted by Crippen LogP contribution is 2.41. The van der Waals surface area contributed by atoms with Crippen LogP contribution < -0.4 is 9.47 Å². The Kier molecular flexibility index (Phi) is 3.49. The molecule has 0 aromatic heterocycles. The molecular weight excluding hydrogens is 300 g/mol. The maximum Gasteiger partial charge on any atom is 0.196 e. The minimum absolute atomic E-state index is 0.00346. The average Bonchev–Trinajstić information content (AvgIpc) is 2.55. The number of carbonyl (C=O) groups excluding carboxylic acids is 2. The third kappa shape index (κ3) is 2.06. The van der Waals surface area contributed by atoms with E-state index in [4.69, 9.17) is 9.47 Å². The third-order valence-electron chi connectivity index (χ3n) is 4.31. The van der Waals surface area contributed by atoms with Crippen LogP contribution in [0.5, 0.6) is 11.5 Å². The molecule has 2 aliphatic carbocycles. The quantitative estimate of drug-likeness (QED) is 0.864. The van der Waals surface area contributed by atoms with Crippen molar-refractivity contribution >= 4 is 11.6 Å². The lowest BCUT2D eigenvalue weighted by atomic mass is 9.75. The number of ketones is 2. The molecule has 2 N–H and O–H groups in total. The molecule has 2 aliphatic rings. The third-order valence-corrected chi connectivity index (χ3v) is 4.31. The normalized spacial score (nSPS) is 23.2. The van der Waals surface area contributed by atoms with E-state index in [1.165, 1.54) is 32.4 Å². The number of hydrogen-bond donors (Lipinski definition) is 2. The molecule has 0 unspecified atom stereocenters. The van der Waals surface area contributed by atoms with Crippen LogP contribution in [0.4, 0.5) is 0 Å². The van der Waals surface area contributed by atoms with E-state index < -0.39 is 23.6 Å². The van der Waals surface area contributed by atoms with Gasteiger partial charge in [-0.05, 0) is 12.1 Å². The number of aliphatic hydroxyl groups is 2. The van der Waals surface area contributed by atoms with Crippen molar-refractivity contribution in [2.45, 2.75) is 13.0 Å². The highest BCUT2D eigenvalue weighted by Gasteiger charge is 2.42. The molecule has 0 heterocycles. The fraction of sp³-hybridized carbons (Fsp3) is 0.294. The molecule has 3 rings (SSSR count). The smallest absolute Gasteiger partial charge is 0.196 e. The second-order valence-corrected chi connectivity index (χ2v) is 5.54. The Morgan fingerprint density at radius 2 is 1.78 bits per heavy atom. The molecule has 6 heteroatoms. The monoisotopic (exact) mass is 316 g/mol. The van der Waals surface area contributed by atoms with Crippen LogP contribution >= 0.6 is 0 Å². The number of aliphatic hydroxyl groups excluding tert-OH is 2. The summed E-state index contributed by atoms with van der Waals surface area (Å²) in [5.74, 6) is -1.12. The van der Waals surface area contributed by atoms with Crippen LogP contribution in [0.2, 0.25) is 0 Å². The summed E-state index contributed by atoms with van der Waals surface area (Å²) in [6.45, 7) is 1.58. The van der Waals surface area contributed by atoms with Gasteiger partial charge in [0, 0.05) is 28.7 Å². The largest absolute Gasteiger partial charge is 0.512 e. The van der Waals surface area contributed by atoms with Crippen LogP contribution in [0.3, 0.4) is 0 Å². The summed E-state index contributed by atoms with van der Waals surface area (Å²) in [6.07, 6.45) is 0.00776. The predicted molar refractivity (Wildman–Crippen MR) is 81.1 cm³/mol. The summed E-state index contributed by atoms with van der Waals surface area (Å²) in [6, 6.07) is 2.97. The standard InChI is InChI=1S/C17H16O6/c1-7-11(18)6-10-14(15(7)19)17(21)13-9(16(10)20)4-8(22-2)5-12(13)23-3/h4-7,15,18-19H,1-3H3/t7-,15+/m0/s1. The summed E-state index contributed by atoms with van der Waals surface area (Å²) < 4.78 is 10.3. The van der Waals surface area contributed by atoms with E-state index in [2.05, 4.69) is 0 Å². The van der Waals surface area contributed by atoms with Crippen molar-refractivity contribution < 1.29 is 29.3 Å². The van der Waals surface area contributed by atoms with Gasteiger partial charge in [0.25, 0.3) is 0 Å². The first-order valence-corrected chi connectivity index (χ1v) is 7.08. The summed E-state index contributed by atoms with van der Waals surface area (Å²) >= 11 is 0. The number of ether oxygens (including phenoxy) is 2. The lowest BCUT2D eigenvalue weighted by Gasteiger charge is -2.30. The van der Waals surface area contributed by atoms with Crippen LogP contribution in [0, 0.1) is 5.92 Å². The zero-order valence-corrected chi connectivity index (χ0v) is 12.9. The Balaban J connectivity index is 2.28. The van der Waals surface area contributed by atoms with Gasteiger partial charge in [-0.3, -0.25) is 9.59 Å². The van der Waals surface area contributed by atoms with Crippen molar-refractivity contribution in [3.8, 4) is 11.5 Å². The minimum atomic E-state index is -1.24. The van der Waals surface area contributed by atoms with Gasteiger partial charge in [-0.1, -0.05) is 6.92 Å². The molecule has 0 fully saturated rings. The topological polar surface area (TPSA) is 93.1 Å². The van der Waals surface area contributed by atoms with Crippen LogP contribution in [0.1, 0.15) is 27.6 Å². The second kappa shape index (κ2) is 5.24. The molecule has 0 saturated heterocycles. The molecule has 1 aromatic carbocycles. The van der Waals surface area contributed by atoms with Crippen molar-refractivity contribution in [1.29, 1.82) is 0 Å². The van der Waals surface area contributed by atoms with E-state index in [1.807, 2.05) is 0 Å². The van der Waals surface area contributed by atoms with Gasteiger partial charge in [-0.15, -0.1) is 0 Å². The van der Waals surface area contributed by atoms with Crippen LogP contribution in [0.15, 0.2) is 35.1 Å². The molecule has 0 spiro atoms. The Labute approximate surface area is 132 Å². The van der Waals surface area contributed by atoms with Gasteiger partial charge in [0.2, 0.25) is 0 Å². The SMILES string of the molecule is COc1cc(OC)c2c(c1)C(=O)C1=C(C2=O)[C@H](O)[C@@H](C)C(O)=C1. The molecule has 23 heavy (non-hydrogen) atoms. The summed E-state index contributed by atoms with van der Waals surface area (Å²) in [5.41, 5.74) is 0.256. The Bertz CT molecular complexity index is 787. The zero-order chi connectivity index (χ0) is 16.9. The average molecular weight is 316 g/mol. The number of rotatable bonds is 2. The van der Waals surface area contributed by atoms with E-state index in [9.17, 15) is 19.8 Å². The Morgan fingerprint density at radius 1 is 1.09 bits per heavy atom. The molecule has 1 aromatic rings. The molecule has 120 valence electrons. The first-order chi connectivity index (χ1) is 10.9. The van der Waals surface area contributed by atoms with E-state index in [-0.39, 0.29) is 33.8 Å². The van der Waals surface area contributed by atoms with Crippen LogP contribution in [-0.2, 0) is 0 Å². The first kappa shape index (κ1) is 15.3. The molecule has 0 bridgehead atoms. The van der Waals surface area contributed by atoms with E-state index in [1.54, 1.807) is 6.92 Å². The fourth-order valence-electron chi connectivity index (χ4n) is 2.93. The first-order valence-electron chi connectivity index (χ1n) is 7.08.